The van der Waals surface area contributed by atoms with E-state index in [2.05, 4.69) is 17.5 Å². The van der Waals surface area contributed by atoms with Crippen molar-refractivity contribution in [3.8, 4) is 10.4 Å². The number of hydrogen-bond acceptors (Lipinski definition) is 5. The van der Waals surface area contributed by atoms with Gasteiger partial charge >= 0.3 is 5.97 Å². The van der Waals surface area contributed by atoms with Crippen LogP contribution in [0.1, 0.15) is 29.3 Å². The molecule has 8 heteroatoms. The molecule has 0 saturated heterocycles. The first-order chi connectivity index (χ1) is 13.9. The third-order valence-corrected chi connectivity index (χ3v) is 8.80. The third-order valence-electron chi connectivity index (χ3n) is 4.88. The Bertz CT molecular complexity index is 1160. The maximum atomic E-state index is 12.8. The van der Waals surface area contributed by atoms with Crippen LogP contribution in [0, 0.1) is 0 Å². The van der Waals surface area contributed by atoms with Gasteiger partial charge in [0.1, 0.15) is 6.04 Å². The van der Waals surface area contributed by atoms with Gasteiger partial charge in [-0.25, -0.2) is 8.42 Å². The van der Waals surface area contributed by atoms with Crippen LogP contribution in [0.5, 0.6) is 0 Å². The topological polar surface area (TPSA) is 74.7 Å². The monoisotopic (exact) mass is 445 g/mol. The quantitative estimate of drug-likeness (QED) is 0.578. The van der Waals surface area contributed by atoms with Gasteiger partial charge in [-0.3, -0.25) is 4.79 Å². The van der Waals surface area contributed by atoms with Crippen molar-refractivity contribution in [2.45, 2.75) is 30.8 Å². The molecule has 3 heterocycles. The second-order valence-electron chi connectivity index (χ2n) is 6.72. The zero-order valence-electron chi connectivity index (χ0n) is 15.6. The molecule has 3 aromatic rings. The van der Waals surface area contributed by atoms with Crippen LogP contribution in [0.2, 0.25) is 0 Å². The van der Waals surface area contributed by atoms with Crippen LogP contribution in [0.15, 0.2) is 52.1 Å². The lowest BCUT2D eigenvalue weighted by atomic mass is 10.1. The molecule has 1 N–H and O–H groups in total. The number of rotatable bonds is 6. The summed E-state index contributed by atoms with van der Waals surface area (Å²) in [6, 6.07) is 10.6. The Morgan fingerprint density at radius 1 is 1.21 bits per heavy atom. The summed E-state index contributed by atoms with van der Waals surface area (Å²) in [4.78, 5) is 13.2. The molecule has 1 unspecified atom stereocenters. The Kier molecular flexibility index (Phi) is 5.44. The van der Waals surface area contributed by atoms with Crippen molar-refractivity contribution in [1.29, 1.82) is 0 Å². The maximum Gasteiger partial charge on any atom is 0.322 e. The Morgan fingerprint density at radius 3 is 2.52 bits per heavy atom. The highest BCUT2D eigenvalue weighted by atomic mass is 32.2. The van der Waals surface area contributed by atoms with E-state index in [9.17, 15) is 18.3 Å². The summed E-state index contributed by atoms with van der Waals surface area (Å²) in [5.41, 5.74) is 3.18. The minimum Gasteiger partial charge on any atom is -0.480 e. The number of thiophene rings is 2. The van der Waals surface area contributed by atoms with Crippen molar-refractivity contribution in [2.75, 3.05) is 0 Å². The summed E-state index contributed by atoms with van der Waals surface area (Å²) in [6.07, 6.45) is 4.33. The van der Waals surface area contributed by atoms with E-state index in [-0.39, 0.29) is 17.9 Å². The smallest absolute Gasteiger partial charge is 0.322 e. The van der Waals surface area contributed by atoms with Gasteiger partial charge in [-0.1, -0.05) is 43.3 Å². The molecule has 1 atom stereocenters. The highest BCUT2D eigenvalue weighted by Gasteiger charge is 2.42. The molecule has 2 aromatic heterocycles. The molecule has 0 bridgehead atoms. The van der Waals surface area contributed by atoms with E-state index in [1.54, 1.807) is 24.3 Å². The molecule has 1 aromatic carbocycles. The lowest BCUT2D eigenvalue weighted by Crippen LogP contribution is -2.40. The van der Waals surface area contributed by atoms with E-state index < -0.39 is 22.0 Å². The zero-order chi connectivity index (χ0) is 20.6. The fourth-order valence-corrected chi connectivity index (χ4v) is 7.37. The molecule has 5 nitrogen and oxygen atoms in total. The van der Waals surface area contributed by atoms with E-state index in [4.69, 9.17) is 0 Å². The van der Waals surface area contributed by atoms with Crippen molar-refractivity contribution in [3.63, 3.8) is 0 Å². The molecule has 0 radical (unpaired) electrons. The fraction of sp³-hybridized carbons (Fsp3) is 0.190. The van der Waals surface area contributed by atoms with E-state index >= 15 is 0 Å². The van der Waals surface area contributed by atoms with Crippen molar-refractivity contribution in [3.05, 3.63) is 63.2 Å². The van der Waals surface area contributed by atoms with E-state index in [0.717, 1.165) is 25.9 Å². The minimum atomic E-state index is -3.78. The summed E-state index contributed by atoms with van der Waals surface area (Å²) < 4.78 is 26.8. The fourth-order valence-electron chi connectivity index (χ4n) is 3.34. The summed E-state index contributed by atoms with van der Waals surface area (Å²) >= 11 is 3.06. The van der Waals surface area contributed by atoms with Gasteiger partial charge < -0.3 is 5.11 Å². The predicted octanol–water partition coefficient (Wildman–Crippen LogP) is 5.01. The molecule has 29 heavy (non-hydrogen) atoms. The Labute approximate surface area is 177 Å². The van der Waals surface area contributed by atoms with Gasteiger partial charge in [-0.05, 0) is 46.0 Å². The molecule has 150 valence electrons. The number of fused-ring (bicyclic) bond motifs is 1. The van der Waals surface area contributed by atoms with Crippen molar-refractivity contribution in [2.24, 2.45) is 0 Å². The summed E-state index contributed by atoms with van der Waals surface area (Å²) in [5.74, 6) is -1.11. The summed E-state index contributed by atoms with van der Waals surface area (Å²) in [7, 11) is -3.78. The van der Waals surface area contributed by atoms with E-state index in [1.165, 1.54) is 11.3 Å². The number of benzene rings is 1. The van der Waals surface area contributed by atoms with Crippen LogP contribution in [-0.2, 0) is 21.4 Å². The Morgan fingerprint density at radius 2 is 1.93 bits per heavy atom. The van der Waals surface area contributed by atoms with Crippen molar-refractivity contribution in [1.82, 2.24) is 4.31 Å². The molecule has 0 spiro atoms. The van der Waals surface area contributed by atoms with Gasteiger partial charge in [0.25, 0.3) is 0 Å². The van der Waals surface area contributed by atoms with Crippen LogP contribution >= 0.6 is 22.7 Å². The molecule has 0 fully saturated rings. The van der Waals surface area contributed by atoms with Crippen LogP contribution in [0.4, 0.5) is 0 Å². The zero-order valence-corrected chi connectivity index (χ0v) is 18.1. The normalized spacial score (nSPS) is 16.9. The van der Waals surface area contributed by atoms with Crippen LogP contribution < -0.4 is 0 Å². The Hall–Kier alpha value is -2.26. The molecular weight excluding hydrogens is 426 g/mol. The second kappa shape index (κ2) is 7.87. The van der Waals surface area contributed by atoms with Gasteiger partial charge in [0.05, 0.1) is 11.4 Å². The number of sulfonamides is 1. The lowest BCUT2D eigenvalue weighted by molar-refractivity contribution is -0.141. The first-order valence-corrected chi connectivity index (χ1v) is 12.3. The molecular formula is C21H19NO4S3. The number of nitrogens with zero attached hydrogens (tertiary/aromatic N) is 1. The number of hydrogen-bond donors (Lipinski definition) is 1. The van der Waals surface area contributed by atoms with Gasteiger partial charge in [0, 0.05) is 9.75 Å². The van der Waals surface area contributed by atoms with Gasteiger partial charge in [-0.2, -0.15) is 15.6 Å². The highest BCUT2D eigenvalue weighted by molar-refractivity contribution is 7.89. The first-order valence-electron chi connectivity index (χ1n) is 9.08. The Balaban J connectivity index is 1.57. The van der Waals surface area contributed by atoms with Crippen LogP contribution in [-0.4, -0.2) is 29.8 Å². The predicted molar refractivity (Wildman–Crippen MR) is 117 cm³/mol. The second-order valence-corrected chi connectivity index (χ2v) is 10.5. The van der Waals surface area contributed by atoms with Gasteiger partial charge in [0.15, 0.2) is 0 Å². The largest absolute Gasteiger partial charge is 0.480 e. The van der Waals surface area contributed by atoms with E-state index in [1.807, 2.05) is 35.7 Å². The van der Waals surface area contributed by atoms with E-state index in [0.29, 0.717) is 4.88 Å². The molecule has 0 aliphatic carbocycles. The van der Waals surface area contributed by atoms with Crippen LogP contribution in [0.25, 0.3) is 22.6 Å². The highest BCUT2D eigenvalue weighted by Crippen LogP contribution is 2.42. The summed E-state index contributed by atoms with van der Waals surface area (Å²) in [5, 5.41) is 13.5. The maximum absolute atomic E-state index is 12.8. The molecule has 4 rings (SSSR count). The molecule has 0 amide bonds. The lowest BCUT2D eigenvalue weighted by Gasteiger charge is -2.21. The molecule has 1 aliphatic rings. The van der Waals surface area contributed by atoms with Gasteiger partial charge in [0.2, 0.25) is 10.0 Å². The number of carbonyl (C=O) groups is 1. The minimum absolute atomic E-state index is 0.120. The number of aliphatic carboxylic acids is 1. The standard InChI is InChI=1S/C21H19NO4S3/c1-2-17(21(23)24)22-12-19-20(29(22,25)26)11-18(28-19)16-7-5-14(6-8-16)3-4-15-9-10-27-13-15/h3-11,13,17H,2,12H2,1H3,(H,23,24). The first kappa shape index (κ1) is 20.0. The third kappa shape index (κ3) is 3.81. The van der Waals surface area contributed by atoms with Gasteiger partial charge in [-0.15, -0.1) is 11.3 Å². The number of carboxylic acids is 1. The SMILES string of the molecule is CCC(C(=O)O)N1Cc2sc(-c3ccc(C=Cc4ccsc4)cc3)cc2S1(=O)=O. The molecule has 0 saturated carbocycles. The van der Waals surface area contributed by atoms with Crippen LogP contribution in [0.3, 0.4) is 0 Å². The number of carboxylic acid groups (broad SMARTS) is 1. The summed E-state index contributed by atoms with van der Waals surface area (Å²) in [6.45, 7) is 1.80. The molecule has 1 aliphatic heterocycles. The average molecular weight is 446 g/mol. The average Bonchev–Trinajstić information content (AvgIpc) is 3.40. The van der Waals surface area contributed by atoms with Crippen molar-refractivity contribution < 1.29 is 18.3 Å². The van der Waals surface area contributed by atoms with Crippen molar-refractivity contribution >= 4 is 50.8 Å².